The highest BCUT2D eigenvalue weighted by Gasteiger charge is 2.52. The molecule has 2 nitrogen and oxygen atoms in total. The predicted octanol–water partition coefficient (Wildman–Crippen LogP) is 3.94. The molecule has 0 bridgehead atoms. The molecule has 0 aliphatic carbocycles. The van der Waals surface area contributed by atoms with Crippen LogP contribution in [0.25, 0.3) is 0 Å². The van der Waals surface area contributed by atoms with Crippen LogP contribution in [0.5, 0.6) is 0 Å². The molecule has 0 rings (SSSR count). The number of hydrogen-bond donors (Lipinski definition) is 0. The van der Waals surface area contributed by atoms with Crippen molar-refractivity contribution in [2.75, 3.05) is 6.61 Å². The van der Waals surface area contributed by atoms with Crippen molar-refractivity contribution >= 4 is 5.97 Å². The highest BCUT2D eigenvalue weighted by Crippen LogP contribution is 2.34. The van der Waals surface area contributed by atoms with Crippen LogP contribution in [0.3, 0.4) is 0 Å². The van der Waals surface area contributed by atoms with E-state index in [2.05, 4.69) is 6.92 Å². The largest absolute Gasteiger partial charge is 0.466 e. The molecule has 0 atom stereocenters. The van der Waals surface area contributed by atoms with Gasteiger partial charge >= 0.3 is 18.1 Å². The molecular weight excluding hydrogens is 247 g/mol. The van der Waals surface area contributed by atoms with Crippen molar-refractivity contribution in [3.8, 4) is 0 Å². The maximum Gasteiger partial charge on any atom is 0.452 e. The molecule has 0 aromatic carbocycles. The number of carbonyl (C=O) groups excluding carboxylic acids is 1. The van der Waals surface area contributed by atoms with Crippen LogP contribution in [-0.4, -0.2) is 24.7 Å². The minimum atomic E-state index is -5.40. The summed E-state index contributed by atoms with van der Waals surface area (Å²) in [5.41, 5.74) is 0. The smallest absolute Gasteiger partial charge is 0.452 e. The molecular formula is C10H17F5O2. The number of hydrogen-bond acceptors (Lipinski definition) is 2. The number of unbranched alkanes of at least 4 members (excludes halogenated alkanes) is 1. The number of rotatable bonds is 4. The zero-order valence-corrected chi connectivity index (χ0v) is 10.0. The summed E-state index contributed by atoms with van der Waals surface area (Å²) in [5.74, 6) is -4.66. The molecule has 0 saturated heterocycles. The fourth-order valence-corrected chi connectivity index (χ4v) is 0.432. The van der Waals surface area contributed by atoms with Crippen molar-refractivity contribution in [2.24, 2.45) is 0 Å². The van der Waals surface area contributed by atoms with E-state index >= 15 is 0 Å². The Hall–Kier alpha value is -0.880. The third kappa shape index (κ3) is 11.4. The molecule has 0 radical (unpaired) electrons. The first-order valence-electron chi connectivity index (χ1n) is 5.16. The van der Waals surface area contributed by atoms with Gasteiger partial charge in [0.25, 0.3) is 0 Å². The Morgan fingerprint density at radius 3 is 1.76 bits per heavy atom. The average molecular weight is 264 g/mol. The molecule has 7 heteroatoms. The minimum absolute atomic E-state index is 0.0940. The van der Waals surface area contributed by atoms with E-state index in [0.717, 1.165) is 12.8 Å². The molecule has 0 heterocycles. The number of halogens is 5. The summed E-state index contributed by atoms with van der Waals surface area (Å²) in [7, 11) is 0. The average Bonchev–Trinajstić information content (AvgIpc) is 2.16. The Balaban J connectivity index is 0. The fourth-order valence-electron chi connectivity index (χ4n) is 0.432. The van der Waals surface area contributed by atoms with Crippen LogP contribution >= 0.6 is 0 Å². The maximum absolute atomic E-state index is 11.1. The summed E-state index contributed by atoms with van der Waals surface area (Å²) in [4.78, 5) is 10.5. The highest BCUT2D eigenvalue weighted by atomic mass is 19.4. The summed E-state index contributed by atoms with van der Waals surface area (Å²) in [5, 5.41) is 0. The van der Waals surface area contributed by atoms with Gasteiger partial charge in [-0.15, -0.1) is 0 Å². The topological polar surface area (TPSA) is 26.3 Å². The zero-order chi connectivity index (χ0) is 14.1. The molecule has 0 amide bonds. The predicted molar refractivity (Wildman–Crippen MR) is 52.8 cm³/mol. The van der Waals surface area contributed by atoms with Crippen molar-refractivity contribution in [1.82, 2.24) is 0 Å². The number of carbonyl (C=O) groups is 1. The summed E-state index contributed by atoms with van der Waals surface area (Å²) in [6.45, 7) is 4.27. The van der Waals surface area contributed by atoms with Gasteiger partial charge in [0.05, 0.1) is 6.61 Å². The Labute approximate surface area is 97.1 Å². The van der Waals surface area contributed by atoms with E-state index in [4.69, 9.17) is 4.74 Å². The van der Waals surface area contributed by atoms with Crippen LogP contribution in [0.1, 0.15) is 40.0 Å². The van der Waals surface area contributed by atoms with Gasteiger partial charge in [0.15, 0.2) is 0 Å². The molecule has 0 aliphatic heterocycles. The van der Waals surface area contributed by atoms with Crippen molar-refractivity contribution in [2.45, 2.75) is 52.1 Å². The van der Waals surface area contributed by atoms with Gasteiger partial charge in [0, 0.05) is 13.3 Å². The van der Waals surface area contributed by atoms with Crippen LogP contribution in [0.2, 0.25) is 0 Å². The summed E-state index contributed by atoms with van der Waals surface area (Å²) in [6, 6.07) is 0. The molecule has 17 heavy (non-hydrogen) atoms. The monoisotopic (exact) mass is 264 g/mol. The van der Waals surface area contributed by atoms with Crippen LogP contribution < -0.4 is 0 Å². The lowest BCUT2D eigenvalue weighted by Gasteiger charge is -2.12. The van der Waals surface area contributed by atoms with Crippen molar-refractivity contribution < 1.29 is 31.5 Å². The summed E-state index contributed by atoms with van der Waals surface area (Å²) in [6.07, 6.45) is -2.85. The lowest BCUT2D eigenvalue weighted by molar-refractivity contribution is -0.273. The van der Waals surface area contributed by atoms with E-state index in [-0.39, 0.29) is 12.9 Å². The summed E-state index contributed by atoms with van der Waals surface area (Å²) < 4.78 is 59.4. The molecule has 104 valence electrons. The number of ether oxygens (including phenoxy) is 1. The molecule has 0 N–H and O–H groups in total. The van der Waals surface area contributed by atoms with Gasteiger partial charge in [-0.25, -0.2) is 0 Å². The molecule has 0 spiro atoms. The van der Waals surface area contributed by atoms with Gasteiger partial charge < -0.3 is 4.74 Å². The van der Waals surface area contributed by atoms with Crippen molar-refractivity contribution in [3.63, 3.8) is 0 Å². The van der Waals surface area contributed by atoms with E-state index < -0.39 is 12.1 Å². The van der Waals surface area contributed by atoms with E-state index in [1.54, 1.807) is 6.92 Å². The zero-order valence-electron chi connectivity index (χ0n) is 10.0. The minimum Gasteiger partial charge on any atom is -0.466 e. The second-order valence-electron chi connectivity index (χ2n) is 3.31. The SMILES string of the molecule is CC(F)(F)C(F)(F)F.CCCCOC(=O)CC. The molecule has 0 saturated carbocycles. The Morgan fingerprint density at radius 2 is 1.53 bits per heavy atom. The molecule has 0 aliphatic rings. The molecule has 0 aromatic heterocycles. The van der Waals surface area contributed by atoms with E-state index in [9.17, 15) is 26.7 Å². The fraction of sp³-hybridized carbons (Fsp3) is 0.900. The number of esters is 1. The van der Waals surface area contributed by atoms with Crippen LogP contribution in [0, 0.1) is 0 Å². The van der Waals surface area contributed by atoms with Crippen LogP contribution in [-0.2, 0) is 9.53 Å². The standard InChI is InChI=1S/C7H14O2.C3H3F5/c1-3-5-6-9-7(8)4-2;1-2(4,5)3(6,7)8/h3-6H2,1-2H3;1H3. The Morgan fingerprint density at radius 1 is 1.12 bits per heavy atom. The first-order chi connectivity index (χ1) is 7.56. The lowest BCUT2D eigenvalue weighted by Crippen LogP contribution is -2.32. The van der Waals surface area contributed by atoms with Gasteiger partial charge in [-0.3, -0.25) is 4.79 Å². The van der Waals surface area contributed by atoms with Crippen LogP contribution in [0.4, 0.5) is 22.0 Å². The highest BCUT2D eigenvalue weighted by molar-refractivity contribution is 5.68. The first kappa shape index (κ1) is 18.5. The second-order valence-corrected chi connectivity index (χ2v) is 3.31. The summed E-state index contributed by atoms with van der Waals surface area (Å²) >= 11 is 0. The van der Waals surface area contributed by atoms with Crippen molar-refractivity contribution in [3.05, 3.63) is 0 Å². The third-order valence-electron chi connectivity index (χ3n) is 1.55. The normalized spacial score (nSPS) is 11.5. The van der Waals surface area contributed by atoms with E-state index in [1.165, 1.54) is 0 Å². The quantitative estimate of drug-likeness (QED) is 0.436. The second kappa shape index (κ2) is 8.25. The Kier molecular flexibility index (Phi) is 8.97. The first-order valence-corrected chi connectivity index (χ1v) is 5.16. The Bertz CT molecular complexity index is 196. The van der Waals surface area contributed by atoms with E-state index in [1.807, 2.05) is 0 Å². The van der Waals surface area contributed by atoms with Crippen LogP contribution in [0.15, 0.2) is 0 Å². The van der Waals surface area contributed by atoms with Gasteiger partial charge in [-0.2, -0.15) is 22.0 Å². The maximum atomic E-state index is 11.1. The molecule has 0 unspecified atom stereocenters. The lowest BCUT2D eigenvalue weighted by atomic mass is 10.4. The van der Waals surface area contributed by atoms with E-state index in [0.29, 0.717) is 13.0 Å². The van der Waals surface area contributed by atoms with Gasteiger partial charge in [0.1, 0.15) is 0 Å². The van der Waals surface area contributed by atoms with Gasteiger partial charge in [-0.05, 0) is 6.42 Å². The third-order valence-corrected chi connectivity index (χ3v) is 1.55. The van der Waals surface area contributed by atoms with Gasteiger partial charge in [0.2, 0.25) is 0 Å². The number of alkyl halides is 5. The molecule has 0 aromatic rings. The van der Waals surface area contributed by atoms with Crippen molar-refractivity contribution in [1.29, 1.82) is 0 Å². The van der Waals surface area contributed by atoms with Gasteiger partial charge in [-0.1, -0.05) is 20.3 Å². The molecule has 0 fully saturated rings.